The van der Waals surface area contributed by atoms with Crippen LogP contribution in [0.25, 0.3) is 0 Å². The molecule has 1 aliphatic carbocycles. The third-order valence-electron chi connectivity index (χ3n) is 2.89. The van der Waals surface area contributed by atoms with Crippen LogP contribution in [-0.2, 0) is 0 Å². The van der Waals surface area contributed by atoms with Gasteiger partial charge in [0.05, 0.1) is 11.5 Å². The van der Waals surface area contributed by atoms with Gasteiger partial charge in [0.2, 0.25) is 0 Å². The molecule has 1 saturated heterocycles. The fourth-order valence-electron chi connectivity index (χ4n) is 2.20. The molecule has 3 atom stereocenters. The van der Waals surface area contributed by atoms with E-state index >= 15 is 0 Å². The lowest BCUT2D eigenvalue weighted by molar-refractivity contribution is 0.431. The van der Waals surface area contributed by atoms with Crippen molar-refractivity contribution < 1.29 is 4.42 Å². The predicted octanol–water partition coefficient (Wildman–Crippen LogP) is 3.40. The maximum atomic E-state index is 5.47. The van der Waals surface area contributed by atoms with Crippen LogP contribution in [0.1, 0.15) is 23.9 Å². The fourth-order valence-corrected chi connectivity index (χ4v) is 3.73. The van der Waals surface area contributed by atoms with Crippen LogP contribution in [-0.4, -0.2) is 5.25 Å². The summed E-state index contributed by atoms with van der Waals surface area (Å²) in [5.74, 6) is 1.87. The van der Waals surface area contributed by atoms with Crippen LogP contribution in [0.5, 0.6) is 0 Å². The van der Waals surface area contributed by atoms with Crippen LogP contribution >= 0.6 is 11.8 Å². The number of hydrogen-bond donors (Lipinski definition) is 0. The average molecular weight is 192 g/mol. The molecule has 4 rings (SSSR count). The Balaban J connectivity index is 1.91. The van der Waals surface area contributed by atoms with Crippen molar-refractivity contribution in [2.45, 2.75) is 23.3 Å². The molecule has 0 aromatic carbocycles. The van der Waals surface area contributed by atoms with Gasteiger partial charge in [0.15, 0.2) is 0 Å². The van der Waals surface area contributed by atoms with Gasteiger partial charge in [-0.2, -0.15) is 0 Å². The van der Waals surface area contributed by atoms with Crippen molar-refractivity contribution in [2.24, 2.45) is 5.92 Å². The zero-order valence-corrected chi connectivity index (χ0v) is 8.17. The van der Waals surface area contributed by atoms with Crippen molar-refractivity contribution in [1.29, 1.82) is 0 Å². The Hall–Kier alpha value is -0.630. The summed E-state index contributed by atoms with van der Waals surface area (Å²) < 4.78 is 5.47. The Kier molecular flexibility index (Phi) is 1.76. The summed E-state index contributed by atoms with van der Waals surface area (Å²) >= 11 is 2.06. The number of rotatable bonds is 1. The molecule has 1 aromatic heterocycles. The smallest absolute Gasteiger partial charge is 0.117 e. The van der Waals surface area contributed by atoms with E-state index in [0.717, 1.165) is 11.0 Å². The molecule has 68 valence electrons. The van der Waals surface area contributed by atoms with Crippen LogP contribution in [0.15, 0.2) is 35.0 Å². The minimum Gasteiger partial charge on any atom is -0.468 e. The summed E-state index contributed by atoms with van der Waals surface area (Å²) in [6, 6.07) is 4.09. The van der Waals surface area contributed by atoms with Gasteiger partial charge in [-0.3, -0.25) is 0 Å². The molecule has 1 aromatic rings. The van der Waals surface area contributed by atoms with E-state index < -0.39 is 0 Å². The van der Waals surface area contributed by atoms with E-state index in [1.54, 1.807) is 6.26 Å². The Morgan fingerprint density at radius 3 is 2.85 bits per heavy atom. The number of allylic oxidation sites excluding steroid dienone is 1. The van der Waals surface area contributed by atoms with Gasteiger partial charge in [-0.15, -0.1) is 11.8 Å². The third kappa shape index (κ3) is 1.24. The molecular formula is C11H12OS. The Morgan fingerprint density at radius 1 is 1.31 bits per heavy atom. The molecule has 2 bridgehead atoms. The van der Waals surface area contributed by atoms with E-state index in [2.05, 4.69) is 30.0 Å². The molecule has 0 N–H and O–H groups in total. The van der Waals surface area contributed by atoms with Gasteiger partial charge in [-0.25, -0.2) is 0 Å². The summed E-state index contributed by atoms with van der Waals surface area (Å²) in [5, 5.41) is 1.32. The molecule has 0 spiro atoms. The molecule has 3 heterocycles. The highest BCUT2D eigenvalue weighted by Gasteiger charge is 2.34. The van der Waals surface area contributed by atoms with Crippen LogP contribution in [0, 0.1) is 5.92 Å². The van der Waals surface area contributed by atoms with Crippen molar-refractivity contribution in [3.63, 3.8) is 0 Å². The molecule has 1 nitrogen and oxygen atoms in total. The predicted molar refractivity (Wildman–Crippen MR) is 54.7 cm³/mol. The lowest BCUT2D eigenvalue weighted by atomic mass is 9.90. The SMILES string of the molecule is C1=C[C@H]2CC[C@@H]1[C@@H](c1ccco1)S2. The van der Waals surface area contributed by atoms with Crippen LogP contribution in [0.3, 0.4) is 0 Å². The molecule has 0 unspecified atom stereocenters. The highest BCUT2D eigenvalue weighted by Crippen LogP contribution is 2.50. The summed E-state index contributed by atoms with van der Waals surface area (Å²) in [5.41, 5.74) is 0. The standard InChI is InChI=1S/C11H12OS/c1-2-10(12-7-1)11-8-3-5-9(13-11)6-4-8/h1-3,5,7-9,11H,4,6H2/t8-,9+,11+/m1/s1. The van der Waals surface area contributed by atoms with Crippen molar-refractivity contribution in [1.82, 2.24) is 0 Å². The minimum absolute atomic E-state index is 0.582. The Bertz CT molecular complexity index is 315. The second kappa shape index (κ2) is 2.95. The van der Waals surface area contributed by atoms with Crippen molar-refractivity contribution in [3.05, 3.63) is 36.3 Å². The largest absolute Gasteiger partial charge is 0.468 e. The van der Waals surface area contributed by atoms with Crippen molar-refractivity contribution in [3.8, 4) is 0 Å². The van der Waals surface area contributed by atoms with Crippen LogP contribution in [0.4, 0.5) is 0 Å². The zero-order valence-electron chi connectivity index (χ0n) is 7.35. The molecule has 0 radical (unpaired) electrons. The number of furan rings is 1. The van der Waals surface area contributed by atoms with Gasteiger partial charge in [-0.1, -0.05) is 12.2 Å². The molecule has 1 fully saturated rings. The number of fused-ring (bicyclic) bond motifs is 2. The van der Waals surface area contributed by atoms with Gasteiger partial charge in [0, 0.05) is 5.25 Å². The van der Waals surface area contributed by atoms with E-state index in [0.29, 0.717) is 11.2 Å². The molecule has 0 amide bonds. The lowest BCUT2D eigenvalue weighted by Gasteiger charge is -2.36. The molecule has 13 heavy (non-hydrogen) atoms. The van der Waals surface area contributed by atoms with Gasteiger partial charge in [0.25, 0.3) is 0 Å². The first kappa shape index (κ1) is 7.74. The van der Waals surface area contributed by atoms with E-state index in [-0.39, 0.29) is 0 Å². The maximum Gasteiger partial charge on any atom is 0.117 e. The number of hydrogen-bond acceptors (Lipinski definition) is 2. The van der Waals surface area contributed by atoms with Gasteiger partial charge in [-0.05, 0) is 30.9 Å². The first-order valence-corrected chi connectivity index (χ1v) is 5.75. The zero-order chi connectivity index (χ0) is 8.67. The van der Waals surface area contributed by atoms with E-state index in [9.17, 15) is 0 Å². The van der Waals surface area contributed by atoms with Gasteiger partial charge in [0.1, 0.15) is 5.76 Å². The first-order valence-electron chi connectivity index (χ1n) is 4.81. The normalized spacial score (nSPS) is 36.8. The highest BCUT2D eigenvalue weighted by atomic mass is 32.2. The lowest BCUT2D eigenvalue weighted by Crippen LogP contribution is -2.23. The summed E-state index contributed by atoms with van der Waals surface area (Å²) in [4.78, 5) is 0. The van der Waals surface area contributed by atoms with Gasteiger partial charge < -0.3 is 4.42 Å². The van der Waals surface area contributed by atoms with Crippen LogP contribution < -0.4 is 0 Å². The fraction of sp³-hybridized carbons (Fsp3) is 0.455. The van der Waals surface area contributed by atoms with Crippen molar-refractivity contribution >= 4 is 11.8 Å². The third-order valence-corrected chi connectivity index (χ3v) is 4.51. The van der Waals surface area contributed by atoms with Crippen molar-refractivity contribution in [2.75, 3.05) is 0 Å². The second-order valence-corrected chi connectivity index (χ2v) is 5.12. The number of thioether (sulfide) groups is 1. The van der Waals surface area contributed by atoms with Crippen LogP contribution in [0.2, 0.25) is 0 Å². The van der Waals surface area contributed by atoms with E-state index in [4.69, 9.17) is 4.42 Å². The molecular weight excluding hydrogens is 180 g/mol. The summed E-state index contributed by atoms with van der Waals surface area (Å²) in [6.07, 6.45) is 9.20. The van der Waals surface area contributed by atoms with E-state index in [1.165, 1.54) is 12.8 Å². The Labute approximate surface area is 82.2 Å². The quantitative estimate of drug-likeness (QED) is 0.633. The maximum absolute atomic E-state index is 5.47. The van der Waals surface area contributed by atoms with Gasteiger partial charge >= 0.3 is 0 Å². The summed E-state index contributed by atoms with van der Waals surface area (Å²) in [7, 11) is 0. The first-order chi connectivity index (χ1) is 6.43. The molecule has 2 heteroatoms. The van der Waals surface area contributed by atoms with E-state index in [1.807, 2.05) is 6.07 Å². The molecule has 2 aliphatic heterocycles. The minimum atomic E-state index is 0.582. The summed E-state index contributed by atoms with van der Waals surface area (Å²) in [6.45, 7) is 0. The average Bonchev–Trinajstić information content (AvgIpc) is 2.72. The highest BCUT2D eigenvalue weighted by molar-refractivity contribution is 8.00. The topological polar surface area (TPSA) is 13.1 Å². The molecule has 3 aliphatic rings. The second-order valence-electron chi connectivity index (χ2n) is 3.74. The monoisotopic (exact) mass is 192 g/mol. The Morgan fingerprint density at radius 2 is 2.31 bits per heavy atom. The molecule has 0 saturated carbocycles.